The fourth-order valence-electron chi connectivity index (χ4n) is 3.26. The lowest BCUT2D eigenvalue weighted by Crippen LogP contribution is -2.04. The molecule has 7 heteroatoms. The fourth-order valence-corrected chi connectivity index (χ4v) is 3.26. The maximum Gasteiger partial charge on any atom is 0.164 e. The number of methoxy groups -OCH3 is 3. The van der Waals surface area contributed by atoms with Crippen LogP contribution in [0.1, 0.15) is 11.1 Å². The van der Waals surface area contributed by atoms with Crippen LogP contribution in [0.2, 0.25) is 0 Å². The van der Waals surface area contributed by atoms with Crippen LogP contribution in [0.4, 0.5) is 10.2 Å². The van der Waals surface area contributed by atoms with E-state index in [1.54, 1.807) is 24.3 Å². The number of hydrogen-bond donors (Lipinski definition) is 1. The molecule has 0 spiro atoms. The number of anilines is 1. The molecule has 0 bridgehead atoms. The predicted molar refractivity (Wildman–Crippen MR) is 109 cm³/mol. The van der Waals surface area contributed by atoms with E-state index in [0.29, 0.717) is 45.2 Å². The van der Waals surface area contributed by atoms with E-state index in [1.807, 2.05) is 6.92 Å². The first-order chi connectivity index (χ1) is 13.9. The van der Waals surface area contributed by atoms with Crippen LogP contribution >= 0.6 is 0 Å². The van der Waals surface area contributed by atoms with Crippen molar-refractivity contribution in [2.45, 2.75) is 6.92 Å². The van der Waals surface area contributed by atoms with Gasteiger partial charge in [0.1, 0.15) is 29.0 Å². The third kappa shape index (κ3) is 3.52. The highest BCUT2D eigenvalue weighted by molar-refractivity contribution is 5.87. The van der Waals surface area contributed by atoms with Crippen molar-refractivity contribution in [3.8, 4) is 45.7 Å². The number of nitrogens with two attached hydrogens (primary N) is 1. The second kappa shape index (κ2) is 8.07. The van der Waals surface area contributed by atoms with Crippen molar-refractivity contribution in [3.63, 3.8) is 0 Å². The number of nitriles is 1. The quantitative estimate of drug-likeness (QED) is 0.693. The molecule has 1 heterocycles. The van der Waals surface area contributed by atoms with Crippen LogP contribution in [0.3, 0.4) is 0 Å². The van der Waals surface area contributed by atoms with Crippen LogP contribution < -0.4 is 19.9 Å². The van der Waals surface area contributed by atoms with Crippen LogP contribution in [0.25, 0.3) is 22.4 Å². The number of halogens is 1. The minimum atomic E-state index is -0.352. The van der Waals surface area contributed by atoms with Gasteiger partial charge in [-0.15, -0.1) is 0 Å². The maximum absolute atomic E-state index is 13.4. The smallest absolute Gasteiger partial charge is 0.164 e. The van der Waals surface area contributed by atoms with Crippen molar-refractivity contribution < 1.29 is 18.6 Å². The third-order valence-corrected chi connectivity index (χ3v) is 4.67. The molecule has 0 fully saturated rings. The van der Waals surface area contributed by atoms with Crippen LogP contribution in [0.15, 0.2) is 36.4 Å². The molecule has 0 amide bonds. The Morgan fingerprint density at radius 3 is 2.10 bits per heavy atom. The van der Waals surface area contributed by atoms with Gasteiger partial charge in [0.15, 0.2) is 11.5 Å². The molecular weight excluding hydrogens is 373 g/mol. The molecule has 0 saturated carbocycles. The molecule has 0 aliphatic carbocycles. The van der Waals surface area contributed by atoms with Gasteiger partial charge in [-0.25, -0.2) is 9.37 Å². The highest BCUT2D eigenvalue weighted by Crippen LogP contribution is 2.44. The Hall–Kier alpha value is -3.79. The molecular formula is C22H20FN3O3. The average molecular weight is 393 g/mol. The van der Waals surface area contributed by atoms with E-state index in [9.17, 15) is 9.65 Å². The van der Waals surface area contributed by atoms with Crippen LogP contribution in [0, 0.1) is 24.1 Å². The van der Waals surface area contributed by atoms with Gasteiger partial charge in [0.25, 0.3) is 0 Å². The maximum atomic E-state index is 13.4. The van der Waals surface area contributed by atoms with Gasteiger partial charge in [-0.1, -0.05) is 0 Å². The largest absolute Gasteiger partial charge is 0.496 e. The Labute approximate surface area is 168 Å². The van der Waals surface area contributed by atoms with E-state index < -0.39 is 0 Å². The number of hydrogen-bond acceptors (Lipinski definition) is 6. The number of rotatable bonds is 5. The molecule has 0 atom stereocenters. The summed E-state index contributed by atoms with van der Waals surface area (Å²) in [5.74, 6) is 1.17. The van der Waals surface area contributed by atoms with Gasteiger partial charge < -0.3 is 19.9 Å². The summed E-state index contributed by atoms with van der Waals surface area (Å²) in [5, 5.41) is 9.76. The number of aromatic nitrogens is 1. The minimum Gasteiger partial charge on any atom is -0.496 e. The average Bonchev–Trinajstić information content (AvgIpc) is 2.74. The van der Waals surface area contributed by atoms with Crippen molar-refractivity contribution in [1.29, 1.82) is 5.26 Å². The molecule has 2 aromatic carbocycles. The summed E-state index contributed by atoms with van der Waals surface area (Å²) in [4.78, 5) is 4.40. The van der Waals surface area contributed by atoms with Crippen molar-refractivity contribution in [3.05, 3.63) is 53.3 Å². The SMILES string of the molecule is COc1cc(OC)c(-c2c(C)c(-c3ccc(F)cc3)nc(N)c2C#N)cc1OC. The van der Waals surface area contributed by atoms with E-state index in [1.165, 1.54) is 33.5 Å². The van der Waals surface area contributed by atoms with Gasteiger partial charge in [-0.3, -0.25) is 0 Å². The van der Waals surface area contributed by atoms with Crippen molar-refractivity contribution >= 4 is 5.82 Å². The summed E-state index contributed by atoms with van der Waals surface area (Å²) >= 11 is 0. The lowest BCUT2D eigenvalue weighted by molar-refractivity contribution is 0.349. The lowest BCUT2D eigenvalue weighted by Gasteiger charge is -2.19. The number of pyridine rings is 1. The van der Waals surface area contributed by atoms with E-state index in [4.69, 9.17) is 19.9 Å². The van der Waals surface area contributed by atoms with Gasteiger partial charge in [0.05, 0.1) is 27.0 Å². The van der Waals surface area contributed by atoms with E-state index in [-0.39, 0.29) is 17.2 Å². The first-order valence-electron chi connectivity index (χ1n) is 8.71. The zero-order valence-electron chi connectivity index (χ0n) is 16.5. The first kappa shape index (κ1) is 20.0. The molecule has 6 nitrogen and oxygen atoms in total. The number of nitrogens with zero attached hydrogens (tertiary/aromatic N) is 2. The normalized spacial score (nSPS) is 10.3. The second-order valence-corrected chi connectivity index (χ2v) is 6.25. The monoisotopic (exact) mass is 393 g/mol. The van der Waals surface area contributed by atoms with Gasteiger partial charge in [-0.2, -0.15) is 5.26 Å². The first-order valence-corrected chi connectivity index (χ1v) is 8.71. The summed E-state index contributed by atoms with van der Waals surface area (Å²) in [6.45, 7) is 1.83. The molecule has 3 aromatic rings. The third-order valence-electron chi connectivity index (χ3n) is 4.67. The summed E-state index contributed by atoms with van der Waals surface area (Å²) in [5.41, 5.74) is 9.45. The highest BCUT2D eigenvalue weighted by Gasteiger charge is 2.23. The standard InChI is InChI=1S/C22H20FN3O3/c1-12-20(15-9-18(28-3)19(29-4)10-17(15)27-2)16(11-24)22(25)26-21(12)13-5-7-14(23)8-6-13/h5-10H,1-4H3,(H2,25,26). The number of nitrogen functional groups attached to an aromatic ring is 1. The van der Waals surface area contributed by atoms with Crippen LogP contribution in [-0.4, -0.2) is 26.3 Å². The Morgan fingerprint density at radius 2 is 1.55 bits per heavy atom. The van der Waals surface area contributed by atoms with Crippen molar-refractivity contribution in [1.82, 2.24) is 4.98 Å². The topological polar surface area (TPSA) is 90.4 Å². The fraction of sp³-hybridized carbons (Fsp3) is 0.182. The molecule has 0 aliphatic rings. The summed E-state index contributed by atoms with van der Waals surface area (Å²) in [7, 11) is 4.58. The van der Waals surface area contributed by atoms with Crippen molar-refractivity contribution in [2.24, 2.45) is 0 Å². The molecule has 0 unspecified atom stereocenters. The Bertz CT molecular complexity index is 1110. The van der Waals surface area contributed by atoms with Gasteiger partial charge in [0.2, 0.25) is 0 Å². The van der Waals surface area contributed by atoms with Gasteiger partial charge >= 0.3 is 0 Å². The van der Waals surface area contributed by atoms with Crippen LogP contribution in [0.5, 0.6) is 17.2 Å². The molecule has 0 aliphatic heterocycles. The number of ether oxygens (including phenoxy) is 3. The zero-order chi connectivity index (χ0) is 21.1. The molecule has 2 N–H and O–H groups in total. The Morgan fingerprint density at radius 1 is 0.966 bits per heavy atom. The second-order valence-electron chi connectivity index (χ2n) is 6.25. The molecule has 1 aromatic heterocycles. The van der Waals surface area contributed by atoms with Gasteiger partial charge in [-0.05, 0) is 42.8 Å². The Balaban J connectivity index is 2.37. The molecule has 0 saturated heterocycles. The minimum absolute atomic E-state index is 0.0734. The lowest BCUT2D eigenvalue weighted by atomic mass is 9.92. The van der Waals surface area contributed by atoms with Gasteiger partial charge in [0, 0.05) is 22.8 Å². The molecule has 0 radical (unpaired) electrons. The number of benzene rings is 2. The summed E-state index contributed by atoms with van der Waals surface area (Å²) in [6.07, 6.45) is 0. The van der Waals surface area contributed by atoms with E-state index in [0.717, 1.165) is 0 Å². The molecule has 3 rings (SSSR count). The molecule has 29 heavy (non-hydrogen) atoms. The van der Waals surface area contributed by atoms with E-state index >= 15 is 0 Å². The van der Waals surface area contributed by atoms with E-state index in [2.05, 4.69) is 11.1 Å². The highest BCUT2D eigenvalue weighted by atomic mass is 19.1. The predicted octanol–water partition coefficient (Wildman–Crippen LogP) is 4.34. The van der Waals surface area contributed by atoms with Crippen LogP contribution in [-0.2, 0) is 0 Å². The summed E-state index contributed by atoms with van der Waals surface area (Å²) < 4.78 is 29.7. The molecule has 148 valence electrons. The Kier molecular flexibility index (Phi) is 5.55. The van der Waals surface area contributed by atoms with Crippen molar-refractivity contribution in [2.75, 3.05) is 27.1 Å². The summed E-state index contributed by atoms with van der Waals surface area (Å²) in [6, 6.07) is 11.5. The zero-order valence-corrected chi connectivity index (χ0v) is 16.5.